The van der Waals surface area contributed by atoms with E-state index in [1.807, 2.05) is 0 Å². The van der Waals surface area contributed by atoms with Gasteiger partial charge in [0.25, 0.3) is 0 Å². The average molecular weight is 237 g/mol. The molecule has 0 amide bonds. The number of nitrogen functional groups attached to an aromatic ring is 1. The molecule has 4 heteroatoms. The van der Waals surface area contributed by atoms with E-state index < -0.39 is 0 Å². The van der Waals surface area contributed by atoms with Crippen molar-refractivity contribution in [3.05, 3.63) is 18.5 Å². The second-order valence-electron chi connectivity index (χ2n) is 4.73. The number of rotatable bonds is 6. The van der Waals surface area contributed by atoms with E-state index in [9.17, 15) is 0 Å². The van der Waals surface area contributed by atoms with Gasteiger partial charge in [-0.2, -0.15) is 0 Å². The predicted molar refractivity (Wildman–Crippen MR) is 71.1 cm³/mol. The molecule has 1 aromatic rings. The third-order valence-electron chi connectivity index (χ3n) is 2.68. The van der Waals surface area contributed by atoms with Crippen LogP contribution in [0.15, 0.2) is 18.5 Å². The number of aromatic nitrogens is 1. The standard InChI is InChI=1S/C13H23N3O/c1-10(2)16(11(3)4)5-6-17-13-7-12(14)8-15-9-13/h7-11H,5-6,14H2,1-4H3. The topological polar surface area (TPSA) is 51.4 Å². The third-order valence-corrected chi connectivity index (χ3v) is 2.68. The van der Waals surface area contributed by atoms with Crippen molar-refractivity contribution < 1.29 is 4.74 Å². The molecule has 0 spiro atoms. The van der Waals surface area contributed by atoms with E-state index >= 15 is 0 Å². The SMILES string of the molecule is CC(C)N(CCOc1cncc(N)c1)C(C)C. The maximum Gasteiger partial charge on any atom is 0.139 e. The van der Waals surface area contributed by atoms with Gasteiger partial charge in [-0.3, -0.25) is 9.88 Å². The van der Waals surface area contributed by atoms with Gasteiger partial charge in [-0.25, -0.2) is 0 Å². The molecule has 1 aromatic heterocycles. The van der Waals surface area contributed by atoms with Crippen LogP contribution in [0.5, 0.6) is 5.75 Å². The molecular weight excluding hydrogens is 214 g/mol. The van der Waals surface area contributed by atoms with Crippen molar-refractivity contribution in [2.75, 3.05) is 18.9 Å². The van der Waals surface area contributed by atoms with Gasteiger partial charge in [-0.05, 0) is 27.7 Å². The molecule has 0 radical (unpaired) electrons. The second kappa shape index (κ2) is 6.45. The second-order valence-corrected chi connectivity index (χ2v) is 4.73. The first kappa shape index (κ1) is 13.8. The zero-order chi connectivity index (χ0) is 12.8. The van der Waals surface area contributed by atoms with Gasteiger partial charge in [0.2, 0.25) is 0 Å². The van der Waals surface area contributed by atoms with Crippen LogP contribution >= 0.6 is 0 Å². The molecule has 0 fully saturated rings. The molecule has 0 saturated carbocycles. The van der Waals surface area contributed by atoms with Crippen LogP contribution in [0.3, 0.4) is 0 Å². The molecule has 0 aliphatic rings. The number of hydrogen-bond acceptors (Lipinski definition) is 4. The minimum atomic E-state index is 0.526. The highest BCUT2D eigenvalue weighted by atomic mass is 16.5. The monoisotopic (exact) mass is 237 g/mol. The Kier molecular flexibility index (Phi) is 5.22. The van der Waals surface area contributed by atoms with Crippen LogP contribution in [-0.4, -0.2) is 35.1 Å². The lowest BCUT2D eigenvalue weighted by Crippen LogP contribution is -2.39. The fourth-order valence-electron chi connectivity index (χ4n) is 1.90. The largest absolute Gasteiger partial charge is 0.491 e. The Bertz CT molecular complexity index is 331. The molecule has 0 aliphatic carbocycles. The Morgan fingerprint density at radius 2 is 1.88 bits per heavy atom. The van der Waals surface area contributed by atoms with Gasteiger partial charge in [-0.1, -0.05) is 0 Å². The highest BCUT2D eigenvalue weighted by molar-refractivity contribution is 5.39. The smallest absolute Gasteiger partial charge is 0.139 e. The van der Waals surface area contributed by atoms with Crippen LogP contribution in [0.1, 0.15) is 27.7 Å². The summed E-state index contributed by atoms with van der Waals surface area (Å²) in [5.74, 6) is 0.734. The van der Waals surface area contributed by atoms with Gasteiger partial charge in [0.1, 0.15) is 12.4 Å². The molecule has 0 aliphatic heterocycles. The van der Waals surface area contributed by atoms with Crippen LogP contribution in [-0.2, 0) is 0 Å². The van der Waals surface area contributed by atoms with Gasteiger partial charge in [0, 0.05) is 24.7 Å². The summed E-state index contributed by atoms with van der Waals surface area (Å²) < 4.78 is 5.63. The summed E-state index contributed by atoms with van der Waals surface area (Å²) in [6.07, 6.45) is 3.30. The molecular formula is C13H23N3O. The third kappa shape index (κ3) is 4.61. The van der Waals surface area contributed by atoms with Crippen molar-refractivity contribution in [1.29, 1.82) is 0 Å². The molecule has 0 unspecified atom stereocenters. The Morgan fingerprint density at radius 3 is 2.41 bits per heavy atom. The number of ether oxygens (including phenoxy) is 1. The summed E-state index contributed by atoms with van der Waals surface area (Å²) in [4.78, 5) is 6.38. The molecule has 0 saturated heterocycles. The zero-order valence-corrected chi connectivity index (χ0v) is 11.2. The zero-order valence-electron chi connectivity index (χ0n) is 11.2. The normalized spacial score (nSPS) is 11.5. The lowest BCUT2D eigenvalue weighted by atomic mass is 10.2. The Balaban J connectivity index is 2.41. The quantitative estimate of drug-likeness (QED) is 0.823. The summed E-state index contributed by atoms with van der Waals surface area (Å²) in [5.41, 5.74) is 6.27. The van der Waals surface area contributed by atoms with Crippen molar-refractivity contribution >= 4 is 5.69 Å². The maximum absolute atomic E-state index is 5.63. The van der Waals surface area contributed by atoms with Gasteiger partial charge in [0.05, 0.1) is 18.1 Å². The van der Waals surface area contributed by atoms with Gasteiger partial charge in [-0.15, -0.1) is 0 Å². The Morgan fingerprint density at radius 1 is 1.24 bits per heavy atom. The molecule has 96 valence electrons. The van der Waals surface area contributed by atoms with Crippen molar-refractivity contribution in [3.8, 4) is 5.75 Å². The Labute approximate surface area is 104 Å². The molecule has 4 nitrogen and oxygen atoms in total. The summed E-state index contributed by atoms with van der Waals surface area (Å²) in [5, 5.41) is 0. The first-order valence-corrected chi connectivity index (χ1v) is 6.09. The Hall–Kier alpha value is -1.29. The number of anilines is 1. The van der Waals surface area contributed by atoms with Crippen LogP contribution in [0.4, 0.5) is 5.69 Å². The minimum absolute atomic E-state index is 0.526. The van der Waals surface area contributed by atoms with Crippen LogP contribution in [0.2, 0.25) is 0 Å². The van der Waals surface area contributed by atoms with E-state index in [1.54, 1.807) is 18.5 Å². The number of nitrogens with two attached hydrogens (primary N) is 1. The highest BCUT2D eigenvalue weighted by Gasteiger charge is 2.12. The van der Waals surface area contributed by atoms with E-state index in [0.717, 1.165) is 12.3 Å². The molecule has 2 N–H and O–H groups in total. The average Bonchev–Trinajstić information content (AvgIpc) is 2.23. The van der Waals surface area contributed by atoms with Crippen molar-refractivity contribution in [2.45, 2.75) is 39.8 Å². The maximum atomic E-state index is 5.63. The molecule has 1 heterocycles. The van der Waals surface area contributed by atoms with Crippen LogP contribution in [0.25, 0.3) is 0 Å². The molecule has 0 aromatic carbocycles. The summed E-state index contributed by atoms with van der Waals surface area (Å²) in [6, 6.07) is 2.84. The molecule has 17 heavy (non-hydrogen) atoms. The van der Waals surface area contributed by atoms with E-state index in [1.165, 1.54) is 0 Å². The fraction of sp³-hybridized carbons (Fsp3) is 0.615. The fourth-order valence-corrected chi connectivity index (χ4v) is 1.90. The van der Waals surface area contributed by atoms with Gasteiger partial charge in [0.15, 0.2) is 0 Å². The minimum Gasteiger partial charge on any atom is -0.491 e. The van der Waals surface area contributed by atoms with Crippen molar-refractivity contribution in [3.63, 3.8) is 0 Å². The first-order valence-electron chi connectivity index (χ1n) is 6.09. The lowest BCUT2D eigenvalue weighted by Gasteiger charge is -2.30. The number of hydrogen-bond donors (Lipinski definition) is 1. The summed E-state index contributed by atoms with van der Waals surface area (Å²) in [7, 11) is 0. The predicted octanol–water partition coefficient (Wildman–Crippen LogP) is 2.16. The van der Waals surface area contributed by atoms with Crippen LogP contribution < -0.4 is 10.5 Å². The lowest BCUT2D eigenvalue weighted by molar-refractivity contribution is 0.142. The highest BCUT2D eigenvalue weighted by Crippen LogP contribution is 2.12. The van der Waals surface area contributed by atoms with E-state index in [2.05, 4.69) is 37.6 Å². The molecule has 0 atom stereocenters. The number of nitrogens with zero attached hydrogens (tertiary/aromatic N) is 2. The molecule has 0 bridgehead atoms. The summed E-state index contributed by atoms with van der Waals surface area (Å²) in [6.45, 7) is 10.3. The number of pyridine rings is 1. The first-order chi connectivity index (χ1) is 8.00. The van der Waals surface area contributed by atoms with Crippen molar-refractivity contribution in [2.24, 2.45) is 0 Å². The summed E-state index contributed by atoms with van der Waals surface area (Å²) >= 11 is 0. The van der Waals surface area contributed by atoms with Gasteiger partial charge >= 0.3 is 0 Å². The van der Waals surface area contributed by atoms with Gasteiger partial charge < -0.3 is 10.5 Å². The van der Waals surface area contributed by atoms with Crippen molar-refractivity contribution in [1.82, 2.24) is 9.88 Å². The molecule has 1 rings (SSSR count). The van der Waals surface area contributed by atoms with E-state index in [4.69, 9.17) is 10.5 Å². The van der Waals surface area contributed by atoms with E-state index in [-0.39, 0.29) is 0 Å². The van der Waals surface area contributed by atoms with E-state index in [0.29, 0.717) is 24.4 Å². The van der Waals surface area contributed by atoms with Crippen LogP contribution in [0, 0.1) is 0 Å².